The van der Waals surface area contributed by atoms with Gasteiger partial charge in [0.1, 0.15) is 0 Å². The van der Waals surface area contributed by atoms with Crippen molar-refractivity contribution in [2.45, 2.75) is 0 Å². The van der Waals surface area contributed by atoms with Gasteiger partial charge in [0, 0.05) is 4.47 Å². The Morgan fingerprint density at radius 1 is 1.67 bits per heavy atom. The third-order valence-corrected chi connectivity index (χ3v) is 1.11. The molecule has 0 atom stereocenters. The van der Waals surface area contributed by atoms with E-state index in [4.69, 9.17) is 9.22 Å². The smallest absolute Gasteiger partial charge is 0.165 e. The number of benzene rings is 1. The van der Waals surface area contributed by atoms with Crippen LogP contribution >= 0.6 is 15.9 Å². The van der Waals surface area contributed by atoms with E-state index in [0.29, 0.717) is 0 Å². The second-order valence-electron chi connectivity index (χ2n) is 1.35. The van der Waals surface area contributed by atoms with E-state index in [2.05, 4.69) is 15.9 Å². The molecule has 9 heavy (non-hydrogen) atoms. The maximum atomic E-state index is 12.8. The first-order valence-corrected chi connectivity index (χ1v) is 2.89. The summed E-state index contributed by atoms with van der Waals surface area (Å²) in [6.07, 6.45) is 0. The van der Waals surface area contributed by atoms with E-state index in [1.165, 1.54) is 0 Å². The predicted octanol–water partition coefficient (Wildman–Crippen LogP) is 2.29. The Labute approximate surface area is 64.5 Å². The maximum absolute atomic E-state index is 12.8. The quantitative estimate of drug-likeness (QED) is 0.671. The van der Waals surface area contributed by atoms with Gasteiger partial charge in [-0.1, -0.05) is 15.9 Å². The molecule has 0 saturated carbocycles. The molecule has 0 aliphatic heterocycles. The molecule has 0 bridgehead atoms. The summed E-state index contributed by atoms with van der Waals surface area (Å²) in [6.45, 7) is 0. The van der Waals surface area contributed by atoms with Crippen molar-refractivity contribution in [3.63, 3.8) is 0 Å². The highest BCUT2D eigenvalue weighted by atomic mass is 79.9. The van der Waals surface area contributed by atoms with Crippen LogP contribution in [0.5, 0.6) is 5.75 Å². The van der Waals surface area contributed by atoms with Gasteiger partial charge >= 0.3 is 0 Å². The summed E-state index contributed by atoms with van der Waals surface area (Å²) >= 11 is 2.77. The van der Waals surface area contributed by atoms with Crippen molar-refractivity contribution in [1.29, 1.82) is 0 Å². The van der Waals surface area contributed by atoms with Gasteiger partial charge in [-0.05, 0) is 18.1 Å². The summed E-state index contributed by atoms with van der Waals surface area (Å²) in [5, 5.41) is 8.87. The van der Waals surface area contributed by atoms with E-state index in [-0.39, 0.29) is 10.5 Å². The predicted molar refractivity (Wildman–Crippen MR) is 35.8 cm³/mol. The molecule has 0 unspecified atom stereocenters. The van der Waals surface area contributed by atoms with Gasteiger partial charge in [0.15, 0.2) is 11.6 Å². The van der Waals surface area contributed by atoms with Crippen LogP contribution in [0.1, 0.15) is 4.11 Å². The molecular formula is C6H4BrFO. The van der Waals surface area contributed by atoms with E-state index >= 15 is 0 Å². The van der Waals surface area contributed by atoms with Gasteiger partial charge in [-0.3, -0.25) is 0 Å². The number of hydrogen-bond donors (Lipinski definition) is 1. The third-order valence-electron chi connectivity index (χ3n) is 0.718. The summed E-state index contributed by atoms with van der Waals surface area (Å²) in [7, 11) is 0. The average molecular weight is 194 g/mol. The molecule has 1 N–H and O–H groups in total. The van der Waals surface area contributed by atoms with Crippen LogP contribution in [0.4, 0.5) is 4.39 Å². The molecule has 1 aromatic rings. The second kappa shape index (κ2) is 2.35. The van der Waals surface area contributed by atoms with Gasteiger partial charge in [0.2, 0.25) is 0 Å². The summed E-state index contributed by atoms with van der Waals surface area (Å²) in [4.78, 5) is 0. The Hall–Kier alpha value is -0.570. The molecule has 0 heterocycles. The molecule has 0 aliphatic rings. The van der Waals surface area contributed by atoms with Gasteiger partial charge in [0.25, 0.3) is 0 Å². The number of phenolic OH excluding ortho intramolecular Hbond substituents is 1. The average Bonchev–Trinajstić information content (AvgIpc) is 2.08. The van der Waals surface area contributed by atoms with Crippen molar-refractivity contribution in [2.75, 3.05) is 0 Å². The van der Waals surface area contributed by atoms with Crippen LogP contribution in [0.2, 0.25) is 0 Å². The highest BCUT2D eigenvalue weighted by Crippen LogP contribution is 2.19. The molecule has 0 spiro atoms. The number of phenols is 1. The SMILES string of the molecule is [2H]c1c([2H])c(Br)c([2H])c(F)c1O. The zero-order chi connectivity index (χ0) is 9.46. The lowest BCUT2D eigenvalue weighted by Gasteiger charge is -1.92. The molecule has 1 nitrogen and oxygen atoms in total. The molecular weight excluding hydrogens is 187 g/mol. The first kappa shape index (κ1) is 3.56. The highest BCUT2D eigenvalue weighted by Gasteiger charge is 1.97. The largest absolute Gasteiger partial charge is 0.505 e. The van der Waals surface area contributed by atoms with Crippen molar-refractivity contribution < 1.29 is 13.6 Å². The molecule has 0 amide bonds. The zero-order valence-electron chi connectivity index (χ0n) is 7.20. The maximum Gasteiger partial charge on any atom is 0.165 e. The van der Waals surface area contributed by atoms with Crippen LogP contribution in [0.3, 0.4) is 0 Å². The molecule has 0 aliphatic carbocycles. The van der Waals surface area contributed by atoms with Crippen LogP contribution in [0.15, 0.2) is 22.6 Å². The Balaban J connectivity index is 3.60. The standard InChI is InChI=1S/C6H4BrFO/c7-4-1-2-6(9)5(8)3-4/h1-3,9H/i1D,2D,3D. The van der Waals surface area contributed by atoms with E-state index in [9.17, 15) is 4.39 Å². The summed E-state index contributed by atoms with van der Waals surface area (Å²) < 4.78 is 33.8. The second-order valence-corrected chi connectivity index (χ2v) is 2.14. The first-order valence-electron chi connectivity index (χ1n) is 3.60. The van der Waals surface area contributed by atoms with Crippen LogP contribution in [-0.4, -0.2) is 5.11 Å². The van der Waals surface area contributed by atoms with Crippen molar-refractivity contribution >= 4 is 15.9 Å². The Morgan fingerprint density at radius 3 is 3.00 bits per heavy atom. The minimum absolute atomic E-state index is 0.122. The number of halogens is 2. The van der Waals surface area contributed by atoms with E-state index in [1.807, 2.05) is 0 Å². The van der Waals surface area contributed by atoms with E-state index in [1.54, 1.807) is 0 Å². The van der Waals surface area contributed by atoms with Crippen molar-refractivity contribution in [3.05, 3.63) is 28.4 Å². The van der Waals surface area contributed by atoms with E-state index in [0.717, 1.165) is 0 Å². The lowest BCUT2D eigenvalue weighted by Crippen LogP contribution is -1.73. The zero-order valence-corrected chi connectivity index (χ0v) is 5.79. The van der Waals surface area contributed by atoms with Crippen LogP contribution in [0, 0.1) is 5.82 Å². The fraction of sp³-hybridized carbons (Fsp3) is 0. The summed E-state index contributed by atoms with van der Waals surface area (Å²) in [6, 6.07) is -1.61. The monoisotopic (exact) mass is 193 g/mol. The van der Waals surface area contributed by atoms with Crippen molar-refractivity contribution in [2.24, 2.45) is 0 Å². The third kappa shape index (κ3) is 1.42. The summed E-state index contributed by atoms with van der Waals surface area (Å²) in [5.41, 5.74) is 0. The van der Waals surface area contributed by atoms with Crippen molar-refractivity contribution in [1.82, 2.24) is 0 Å². The normalized spacial score (nSPS) is 14.2. The molecule has 3 heteroatoms. The minimum Gasteiger partial charge on any atom is -0.505 e. The molecule has 1 rings (SSSR count). The van der Waals surface area contributed by atoms with Crippen LogP contribution in [0.25, 0.3) is 0 Å². The number of rotatable bonds is 0. The van der Waals surface area contributed by atoms with Gasteiger partial charge in [-0.25, -0.2) is 4.39 Å². The van der Waals surface area contributed by atoms with Crippen LogP contribution < -0.4 is 0 Å². The van der Waals surface area contributed by atoms with Gasteiger partial charge < -0.3 is 5.11 Å². The molecule has 0 fully saturated rings. The first-order chi connectivity index (χ1) is 5.46. The lowest BCUT2D eigenvalue weighted by molar-refractivity contribution is 0.432. The number of hydrogen-bond acceptors (Lipinski definition) is 1. The lowest BCUT2D eigenvalue weighted by atomic mass is 10.3. The van der Waals surface area contributed by atoms with Crippen molar-refractivity contribution in [3.8, 4) is 5.75 Å². The molecule has 0 aromatic heterocycles. The van der Waals surface area contributed by atoms with E-state index < -0.39 is 23.7 Å². The topological polar surface area (TPSA) is 20.2 Å². The summed E-state index contributed by atoms with van der Waals surface area (Å²) in [5.74, 6) is -2.13. The minimum atomic E-state index is -1.18. The highest BCUT2D eigenvalue weighted by molar-refractivity contribution is 9.10. The van der Waals surface area contributed by atoms with Gasteiger partial charge in [-0.15, -0.1) is 0 Å². The van der Waals surface area contributed by atoms with Gasteiger partial charge in [-0.2, -0.15) is 0 Å². The number of aromatic hydroxyl groups is 1. The molecule has 48 valence electrons. The molecule has 0 saturated heterocycles. The molecule has 1 aromatic carbocycles. The van der Waals surface area contributed by atoms with Crippen LogP contribution in [-0.2, 0) is 0 Å². The Kier molecular flexibility index (Phi) is 0.931. The Morgan fingerprint density at radius 2 is 2.33 bits per heavy atom. The fourth-order valence-corrected chi connectivity index (χ4v) is 0.629. The Bertz CT molecular complexity index is 237. The van der Waals surface area contributed by atoms with Gasteiger partial charge in [0.05, 0.1) is 4.11 Å². The molecule has 0 radical (unpaired) electrons. The fourth-order valence-electron chi connectivity index (χ4n) is 0.356.